The molecule has 2 aromatic rings. The monoisotopic (exact) mass is 267 g/mol. The number of hydrogen-bond acceptors (Lipinski definition) is 3. The van der Waals surface area contributed by atoms with Crippen molar-refractivity contribution in [3.8, 4) is 0 Å². The fourth-order valence-corrected chi connectivity index (χ4v) is 2.43. The molecular formula is C16H17N3O. The Morgan fingerprint density at radius 3 is 2.95 bits per heavy atom. The van der Waals surface area contributed by atoms with Gasteiger partial charge in [-0.15, -0.1) is 0 Å². The Hall–Kier alpha value is -2.20. The molecule has 3 rings (SSSR count). The standard InChI is InChI=1S/C16H17N3O/c1-11(13-3-2-6-17-8-13)19-16(20)12-4-5-14-9-18-10-15(14)7-12/h2-8,11,18H,9-10H2,1H3,(H,19,20)/t11-/m0/s1. The number of aromatic nitrogens is 1. The van der Waals surface area contributed by atoms with Crippen LogP contribution in [0.2, 0.25) is 0 Å². The predicted molar refractivity (Wildman–Crippen MR) is 77.1 cm³/mol. The summed E-state index contributed by atoms with van der Waals surface area (Å²) < 4.78 is 0. The number of rotatable bonds is 3. The van der Waals surface area contributed by atoms with Crippen LogP contribution in [-0.4, -0.2) is 10.9 Å². The zero-order valence-corrected chi connectivity index (χ0v) is 11.4. The summed E-state index contributed by atoms with van der Waals surface area (Å²) in [6, 6.07) is 9.67. The van der Waals surface area contributed by atoms with Crippen molar-refractivity contribution in [2.24, 2.45) is 0 Å². The van der Waals surface area contributed by atoms with Crippen LogP contribution in [0.4, 0.5) is 0 Å². The van der Waals surface area contributed by atoms with Gasteiger partial charge in [-0.05, 0) is 41.8 Å². The first kappa shape index (κ1) is 12.8. The lowest BCUT2D eigenvalue weighted by molar-refractivity contribution is 0.0939. The molecule has 0 spiro atoms. The van der Waals surface area contributed by atoms with E-state index in [2.05, 4.69) is 15.6 Å². The number of hydrogen-bond donors (Lipinski definition) is 2. The van der Waals surface area contributed by atoms with E-state index in [9.17, 15) is 4.79 Å². The van der Waals surface area contributed by atoms with E-state index in [1.807, 2.05) is 37.3 Å². The normalized spacial score (nSPS) is 14.7. The maximum atomic E-state index is 12.3. The molecule has 0 aliphatic carbocycles. The molecule has 1 atom stereocenters. The SMILES string of the molecule is C[C@H](NC(=O)c1ccc2c(c1)CNC2)c1cccnc1. The van der Waals surface area contributed by atoms with E-state index in [-0.39, 0.29) is 11.9 Å². The molecule has 1 aliphatic rings. The van der Waals surface area contributed by atoms with Crippen LogP contribution in [0.15, 0.2) is 42.7 Å². The van der Waals surface area contributed by atoms with E-state index < -0.39 is 0 Å². The van der Waals surface area contributed by atoms with Gasteiger partial charge in [-0.3, -0.25) is 9.78 Å². The third-order valence-electron chi connectivity index (χ3n) is 3.63. The van der Waals surface area contributed by atoms with Crippen molar-refractivity contribution >= 4 is 5.91 Å². The quantitative estimate of drug-likeness (QED) is 0.896. The maximum Gasteiger partial charge on any atom is 0.251 e. The molecule has 1 aromatic heterocycles. The Balaban J connectivity index is 1.73. The predicted octanol–water partition coefficient (Wildman–Crippen LogP) is 2.18. The Morgan fingerprint density at radius 2 is 2.15 bits per heavy atom. The minimum absolute atomic E-state index is 0.0453. The average Bonchev–Trinajstić information content (AvgIpc) is 2.95. The first-order valence-electron chi connectivity index (χ1n) is 6.77. The summed E-state index contributed by atoms with van der Waals surface area (Å²) in [4.78, 5) is 16.3. The molecule has 0 radical (unpaired) electrons. The molecule has 20 heavy (non-hydrogen) atoms. The smallest absolute Gasteiger partial charge is 0.251 e. The molecule has 1 amide bonds. The van der Waals surface area contributed by atoms with E-state index in [4.69, 9.17) is 0 Å². The molecule has 4 nitrogen and oxygen atoms in total. The largest absolute Gasteiger partial charge is 0.345 e. The summed E-state index contributed by atoms with van der Waals surface area (Å²) in [5.74, 6) is -0.0453. The van der Waals surface area contributed by atoms with Gasteiger partial charge in [0.2, 0.25) is 0 Å². The highest BCUT2D eigenvalue weighted by atomic mass is 16.1. The lowest BCUT2D eigenvalue weighted by atomic mass is 10.1. The Bertz CT molecular complexity index is 625. The lowest BCUT2D eigenvalue weighted by Crippen LogP contribution is -2.26. The minimum Gasteiger partial charge on any atom is -0.345 e. The fraction of sp³-hybridized carbons (Fsp3) is 0.250. The molecule has 0 saturated carbocycles. The highest BCUT2D eigenvalue weighted by Gasteiger charge is 2.15. The summed E-state index contributed by atoms with van der Waals surface area (Å²) in [6.45, 7) is 3.70. The highest BCUT2D eigenvalue weighted by molar-refractivity contribution is 5.94. The maximum absolute atomic E-state index is 12.3. The van der Waals surface area contributed by atoms with Crippen LogP contribution in [-0.2, 0) is 13.1 Å². The van der Waals surface area contributed by atoms with Crippen LogP contribution in [0, 0.1) is 0 Å². The molecule has 2 N–H and O–H groups in total. The zero-order valence-electron chi connectivity index (χ0n) is 11.4. The van der Waals surface area contributed by atoms with Crippen LogP contribution in [0.1, 0.15) is 40.0 Å². The molecule has 0 bridgehead atoms. The summed E-state index contributed by atoms with van der Waals surface area (Å²) in [5, 5.41) is 6.28. The topological polar surface area (TPSA) is 54.0 Å². The van der Waals surface area contributed by atoms with Crippen LogP contribution in [0.3, 0.4) is 0 Å². The van der Waals surface area contributed by atoms with Crippen molar-refractivity contribution in [2.75, 3.05) is 0 Å². The van der Waals surface area contributed by atoms with Gasteiger partial charge in [0, 0.05) is 31.0 Å². The second kappa shape index (κ2) is 5.43. The molecule has 0 fully saturated rings. The fourth-order valence-electron chi connectivity index (χ4n) is 2.43. The molecule has 1 aromatic carbocycles. The summed E-state index contributed by atoms with van der Waals surface area (Å²) in [6.07, 6.45) is 3.50. The molecule has 4 heteroatoms. The molecule has 102 valence electrons. The van der Waals surface area contributed by atoms with Crippen LogP contribution in [0.5, 0.6) is 0 Å². The molecule has 2 heterocycles. The van der Waals surface area contributed by atoms with Gasteiger partial charge in [0.1, 0.15) is 0 Å². The van der Waals surface area contributed by atoms with Crippen LogP contribution < -0.4 is 10.6 Å². The van der Waals surface area contributed by atoms with Crippen molar-refractivity contribution in [2.45, 2.75) is 26.1 Å². The number of benzene rings is 1. The number of nitrogens with zero attached hydrogens (tertiary/aromatic N) is 1. The number of pyridine rings is 1. The third kappa shape index (κ3) is 2.56. The van der Waals surface area contributed by atoms with Gasteiger partial charge in [-0.25, -0.2) is 0 Å². The van der Waals surface area contributed by atoms with Gasteiger partial charge in [0.05, 0.1) is 6.04 Å². The number of carbonyl (C=O) groups is 1. The van der Waals surface area contributed by atoms with Gasteiger partial charge < -0.3 is 10.6 Å². The van der Waals surface area contributed by atoms with Crippen molar-refractivity contribution in [1.29, 1.82) is 0 Å². The molecule has 1 aliphatic heterocycles. The second-order valence-corrected chi connectivity index (χ2v) is 5.07. The van der Waals surface area contributed by atoms with Gasteiger partial charge in [-0.1, -0.05) is 12.1 Å². The first-order valence-corrected chi connectivity index (χ1v) is 6.77. The Kier molecular flexibility index (Phi) is 3.48. The van der Waals surface area contributed by atoms with E-state index in [1.165, 1.54) is 11.1 Å². The van der Waals surface area contributed by atoms with Crippen molar-refractivity contribution in [3.63, 3.8) is 0 Å². The van der Waals surface area contributed by atoms with Crippen molar-refractivity contribution in [3.05, 3.63) is 65.0 Å². The van der Waals surface area contributed by atoms with E-state index in [1.54, 1.807) is 12.4 Å². The highest BCUT2D eigenvalue weighted by Crippen LogP contribution is 2.18. The van der Waals surface area contributed by atoms with Crippen LogP contribution >= 0.6 is 0 Å². The lowest BCUT2D eigenvalue weighted by Gasteiger charge is -2.14. The number of fused-ring (bicyclic) bond motifs is 1. The van der Waals surface area contributed by atoms with Crippen molar-refractivity contribution in [1.82, 2.24) is 15.6 Å². The molecular weight excluding hydrogens is 250 g/mol. The van der Waals surface area contributed by atoms with E-state index in [0.717, 1.165) is 18.7 Å². The first-order chi connectivity index (χ1) is 9.74. The van der Waals surface area contributed by atoms with Gasteiger partial charge >= 0.3 is 0 Å². The summed E-state index contributed by atoms with van der Waals surface area (Å²) >= 11 is 0. The number of amides is 1. The third-order valence-corrected chi connectivity index (χ3v) is 3.63. The summed E-state index contributed by atoms with van der Waals surface area (Å²) in [7, 11) is 0. The Morgan fingerprint density at radius 1 is 1.30 bits per heavy atom. The van der Waals surface area contributed by atoms with Gasteiger partial charge in [0.15, 0.2) is 0 Å². The van der Waals surface area contributed by atoms with Crippen molar-refractivity contribution < 1.29 is 4.79 Å². The van der Waals surface area contributed by atoms with Gasteiger partial charge in [0.25, 0.3) is 5.91 Å². The minimum atomic E-state index is -0.0532. The van der Waals surface area contributed by atoms with E-state index in [0.29, 0.717) is 5.56 Å². The Labute approximate surface area is 118 Å². The number of nitrogens with one attached hydrogen (secondary N) is 2. The average molecular weight is 267 g/mol. The second-order valence-electron chi connectivity index (χ2n) is 5.07. The van der Waals surface area contributed by atoms with Gasteiger partial charge in [-0.2, -0.15) is 0 Å². The zero-order chi connectivity index (χ0) is 13.9. The number of carbonyl (C=O) groups excluding carboxylic acids is 1. The molecule has 0 unspecified atom stereocenters. The van der Waals surface area contributed by atoms with Crippen LogP contribution in [0.25, 0.3) is 0 Å². The summed E-state index contributed by atoms with van der Waals surface area (Å²) in [5.41, 5.74) is 4.21. The molecule has 0 saturated heterocycles. The van der Waals surface area contributed by atoms with E-state index >= 15 is 0 Å².